The van der Waals surface area contributed by atoms with Crippen LogP contribution in [0.2, 0.25) is 0 Å². The summed E-state index contributed by atoms with van der Waals surface area (Å²) in [6.45, 7) is 5.88. The third-order valence-electron chi connectivity index (χ3n) is 2.71. The van der Waals surface area contributed by atoms with Crippen molar-refractivity contribution in [2.24, 2.45) is 0 Å². The minimum Gasteiger partial charge on any atom is -0.344 e. The number of rotatable bonds is 1. The Kier molecular flexibility index (Phi) is 2.75. The van der Waals surface area contributed by atoms with Crippen LogP contribution in [0.15, 0.2) is 24.3 Å². The van der Waals surface area contributed by atoms with Crippen LogP contribution in [0.3, 0.4) is 0 Å². The molecule has 0 radical (unpaired) electrons. The Morgan fingerprint density at radius 2 is 1.81 bits per heavy atom. The van der Waals surface area contributed by atoms with Gasteiger partial charge in [-0.15, -0.1) is 6.42 Å². The van der Waals surface area contributed by atoms with Gasteiger partial charge >= 0.3 is 0 Å². The highest BCUT2D eigenvalue weighted by atomic mass is 16.7. The maximum absolute atomic E-state index is 5.85. The molecule has 0 N–H and O–H groups in total. The van der Waals surface area contributed by atoms with E-state index in [1.165, 1.54) is 0 Å². The van der Waals surface area contributed by atoms with Crippen LogP contribution < -0.4 is 0 Å². The molecule has 1 aromatic rings. The lowest BCUT2D eigenvalue weighted by Gasteiger charge is -2.17. The summed E-state index contributed by atoms with van der Waals surface area (Å²) in [5, 5.41) is 0. The van der Waals surface area contributed by atoms with Crippen LogP contribution in [0.1, 0.15) is 38.0 Å². The van der Waals surface area contributed by atoms with Gasteiger partial charge in [-0.05, 0) is 38.5 Å². The van der Waals surface area contributed by atoms with Crippen molar-refractivity contribution >= 4 is 0 Å². The van der Waals surface area contributed by atoms with E-state index < -0.39 is 5.79 Å². The van der Waals surface area contributed by atoms with Gasteiger partial charge in [-0.2, -0.15) is 0 Å². The van der Waals surface area contributed by atoms with Gasteiger partial charge in [-0.25, -0.2) is 0 Å². The van der Waals surface area contributed by atoms with E-state index in [-0.39, 0.29) is 12.2 Å². The molecule has 1 aromatic carbocycles. The maximum atomic E-state index is 5.85. The largest absolute Gasteiger partial charge is 0.344 e. The molecule has 0 unspecified atom stereocenters. The molecule has 2 rings (SSSR count). The lowest BCUT2D eigenvalue weighted by atomic mass is 10.0. The van der Waals surface area contributed by atoms with Crippen molar-refractivity contribution in [1.82, 2.24) is 0 Å². The minimum absolute atomic E-state index is 0.0122. The summed E-state index contributed by atoms with van der Waals surface area (Å²) in [6, 6.07) is 7.86. The number of benzene rings is 1. The van der Waals surface area contributed by atoms with Crippen LogP contribution >= 0.6 is 0 Å². The molecule has 1 heterocycles. The van der Waals surface area contributed by atoms with Gasteiger partial charge < -0.3 is 9.47 Å². The van der Waals surface area contributed by atoms with Crippen LogP contribution in [-0.4, -0.2) is 11.9 Å². The predicted octanol–water partition coefficient (Wildman–Crippen LogP) is 2.88. The van der Waals surface area contributed by atoms with Gasteiger partial charge in [0.2, 0.25) is 0 Å². The van der Waals surface area contributed by atoms with Crippen LogP contribution in [0.25, 0.3) is 0 Å². The number of hydrogen-bond acceptors (Lipinski definition) is 2. The smallest absolute Gasteiger partial charge is 0.164 e. The molecule has 1 fully saturated rings. The van der Waals surface area contributed by atoms with Gasteiger partial charge in [0.15, 0.2) is 5.79 Å². The fraction of sp³-hybridized carbons (Fsp3) is 0.429. The molecular weight excluding hydrogens is 200 g/mol. The van der Waals surface area contributed by atoms with Gasteiger partial charge in [-0.1, -0.05) is 18.1 Å². The highest BCUT2D eigenvalue weighted by Gasteiger charge is 2.39. The first-order chi connectivity index (χ1) is 7.52. The van der Waals surface area contributed by atoms with Crippen LogP contribution in [-0.2, 0) is 9.47 Å². The molecule has 0 bridgehead atoms. The van der Waals surface area contributed by atoms with Crippen molar-refractivity contribution in [1.29, 1.82) is 0 Å². The molecule has 1 aliphatic heterocycles. The maximum Gasteiger partial charge on any atom is 0.164 e. The Morgan fingerprint density at radius 3 is 2.25 bits per heavy atom. The van der Waals surface area contributed by atoms with E-state index in [0.29, 0.717) is 0 Å². The molecule has 0 saturated carbocycles. The molecule has 2 heteroatoms. The molecule has 0 spiro atoms. The first kappa shape index (κ1) is 11.2. The van der Waals surface area contributed by atoms with E-state index >= 15 is 0 Å². The summed E-state index contributed by atoms with van der Waals surface area (Å²) in [6.07, 6.45) is 5.37. The highest BCUT2D eigenvalue weighted by molar-refractivity contribution is 5.35. The van der Waals surface area contributed by atoms with Crippen molar-refractivity contribution in [3.05, 3.63) is 35.4 Å². The molecular formula is C14H16O2. The first-order valence-electron chi connectivity index (χ1n) is 5.44. The Bertz CT molecular complexity index is 411. The Hall–Kier alpha value is -1.30. The van der Waals surface area contributed by atoms with E-state index in [0.717, 1.165) is 11.1 Å². The Morgan fingerprint density at radius 1 is 1.19 bits per heavy atom. The van der Waals surface area contributed by atoms with E-state index in [1.54, 1.807) is 0 Å². The lowest BCUT2D eigenvalue weighted by Crippen LogP contribution is -2.20. The molecule has 16 heavy (non-hydrogen) atoms. The van der Waals surface area contributed by atoms with Crippen molar-refractivity contribution in [2.75, 3.05) is 0 Å². The summed E-state index contributed by atoms with van der Waals surface area (Å²) in [7, 11) is 0. The molecule has 0 amide bonds. The summed E-state index contributed by atoms with van der Waals surface area (Å²) in [4.78, 5) is 0. The van der Waals surface area contributed by atoms with E-state index in [4.69, 9.17) is 15.9 Å². The van der Waals surface area contributed by atoms with Gasteiger partial charge in [-0.3, -0.25) is 0 Å². The van der Waals surface area contributed by atoms with Crippen molar-refractivity contribution in [2.45, 2.75) is 38.8 Å². The SMILES string of the molecule is C#Cc1ccc([C@@H]2OC(C)(C)O[C@H]2C)cc1. The number of hydrogen-bond donors (Lipinski definition) is 0. The van der Waals surface area contributed by atoms with Crippen molar-refractivity contribution in [3.63, 3.8) is 0 Å². The second-order valence-corrected chi connectivity index (χ2v) is 4.53. The Balaban J connectivity index is 2.22. The third-order valence-corrected chi connectivity index (χ3v) is 2.71. The second kappa shape index (κ2) is 3.93. The normalized spacial score (nSPS) is 27.6. The lowest BCUT2D eigenvalue weighted by molar-refractivity contribution is -0.145. The third kappa shape index (κ3) is 2.11. The van der Waals surface area contributed by atoms with Gasteiger partial charge in [0.1, 0.15) is 6.10 Å². The quantitative estimate of drug-likeness (QED) is 0.672. The molecule has 2 atom stereocenters. The standard InChI is InChI=1S/C14H16O2/c1-5-11-6-8-12(9-7-11)13-10(2)15-14(3,4)16-13/h1,6-10,13H,2-4H3/t10-,13+/m0/s1. The van der Waals surface area contributed by atoms with Crippen LogP contribution in [0.4, 0.5) is 0 Å². The molecule has 1 aliphatic rings. The van der Waals surface area contributed by atoms with Crippen LogP contribution in [0.5, 0.6) is 0 Å². The highest BCUT2D eigenvalue weighted by Crippen LogP contribution is 2.37. The van der Waals surface area contributed by atoms with Crippen LogP contribution in [0, 0.1) is 12.3 Å². The molecule has 0 aromatic heterocycles. The average molecular weight is 216 g/mol. The predicted molar refractivity (Wildman–Crippen MR) is 62.8 cm³/mol. The van der Waals surface area contributed by atoms with Crippen molar-refractivity contribution in [3.8, 4) is 12.3 Å². The van der Waals surface area contributed by atoms with E-state index in [2.05, 4.69) is 5.92 Å². The molecule has 1 saturated heterocycles. The summed E-state index contributed by atoms with van der Waals surface area (Å²) in [5.74, 6) is 2.10. The Labute approximate surface area is 96.6 Å². The zero-order valence-electron chi connectivity index (χ0n) is 9.86. The molecule has 2 nitrogen and oxygen atoms in total. The van der Waals surface area contributed by atoms with E-state index in [1.807, 2.05) is 45.0 Å². The zero-order valence-corrected chi connectivity index (χ0v) is 9.86. The van der Waals surface area contributed by atoms with Crippen molar-refractivity contribution < 1.29 is 9.47 Å². The summed E-state index contributed by atoms with van der Waals surface area (Å²) in [5.41, 5.74) is 1.99. The average Bonchev–Trinajstić information content (AvgIpc) is 2.52. The molecule has 0 aliphatic carbocycles. The summed E-state index contributed by atoms with van der Waals surface area (Å²) >= 11 is 0. The fourth-order valence-electron chi connectivity index (χ4n) is 2.05. The van der Waals surface area contributed by atoms with Gasteiger partial charge in [0.25, 0.3) is 0 Å². The first-order valence-corrected chi connectivity index (χ1v) is 5.44. The number of ether oxygens (including phenoxy) is 2. The van der Waals surface area contributed by atoms with E-state index in [9.17, 15) is 0 Å². The monoisotopic (exact) mass is 216 g/mol. The molecule has 84 valence electrons. The topological polar surface area (TPSA) is 18.5 Å². The number of terminal acetylenes is 1. The zero-order chi connectivity index (χ0) is 11.8. The fourth-order valence-corrected chi connectivity index (χ4v) is 2.05. The minimum atomic E-state index is -0.505. The summed E-state index contributed by atoms with van der Waals surface area (Å²) < 4.78 is 11.6. The van der Waals surface area contributed by atoms with Gasteiger partial charge in [0.05, 0.1) is 6.10 Å². The second-order valence-electron chi connectivity index (χ2n) is 4.53. The van der Waals surface area contributed by atoms with Gasteiger partial charge in [0, 0.05) is 5.56 Å².